The van der Waals surface area contributed by atoms with Gasteiger partial charge in [-0.05, 0) is 36.8 Å². The topological polar surface area (TPSA) is 110 Å². The van der Waals surface area contributed by atoms with E-state index in [2.05, 4.69) is 20.6 Å². The first-order chi connectivity index (χ1) is 14.8. The molecule has 0 radical (unpaired) electrons. The molecule has 1 aliphatic rings. The third-order valence-corrected chi connectivity index (χ3v) is 5.95. The van der Waals surface area contributed by atoms with E-state index in [4.69, 9.17) is 5.73 Å². The van der Waals surface area contributed by atoms with Gasteiger partial charge in [-0.25, -0.2) is 18.7 Å². The normalized spacial score (nSPS) is 22.8. The molecular weight excluding hydrogens is 404 g/mol. The van der Waals surface area contributed by atoms with Crippen LogP contribution < -0.4 is 16.4 Å². The number of nitrogens with zero attached hydrogens (tertiary/aromatic N) is 2. The molecule has 31 heavy (non-hydrogen) atoms. The fourth-order valence-electron chi connectivity index (χ4n) is 4.41. The number of rotatable bonds is 8. The predicted octanol–water partition coefficient (Wildman–Crippen LogP) is 2.35. The van der Waals surface area contributed by atoms with E-state index in [1.54, 1.807) is 12.1 Å². The maximum atomic E-state index is 14.1. The zero-order chi connectivity index (χ0) is 22.5. The lowest BCUT2D eigenvalue weighted by molar-refractivity contribution is -0.123. The van der Waals surface area contributed by atoms with Gasteiger partial charge in [-0.1, -0.05) is 31.0 Å². The van der Waals surface area contributed by atoms with Gasteiger partial charge >= 0.3 is 0 Å². The average Bonchev–Trinajstić information content (AvgIpc) is 3.08. The number of primary amides is 1. The van der Waals surface area contributed by atoms with E-state index >= 15 is 0 Å². The first-order valence-electron chi connectivity index (χ1n) is 10.3. The zero-order valence-corrected chi connectivity index (χ0v) is 17.6. The molecule has 0 aliphatic heterocycles. The number of hydrogen-bond donors (Lipinski definition) is 3. The van der Waals surface area contributed by atoms with Crippen molar-refractivity contribution in [3.8, 4) is 0 Å². The van der Waals surface area contributed by atoms with E-state index in [1.165, 1.54) is 12.4 Å². The average molecular weight is 431 g/mol. The molecule has 0 saturated heterocycles. The van der Waals surface area contributed by atoms with Crippen molar-refractivity contribution < 1.29 is 18.4 Å². The highest BCUT2D eigenvalue weighted by Gasteiger charge is 2.45. The van der Waals surface area contributed by atoms with Crippen LogP contribution in [0.2, 0.25) is 0 Å². The molecule has 1 fully saturated rings. The number of halogens is 2. The minimum atomic E-state index is -0.636. The molecule has 2 amide bonds. The van der Waals surface area contributed by atoms with E-state index in [1.807, 2.05) is 13.8 Å². The Hall–Kier alpha value is -3.10. The Kier molecular flexibility index (Phi) is 7.14. The molecule has 4 N–H and O–H groups in total. The largest absolute Gasteiger partial charge is 0.369 e. The molecule has 3 rings (SSSR count). The summed E-state index contributed by atoms with van der Waals surface area (Å²) in [7, 11) is 0. The number of hydrogen-bond acceptors (Lipinski definition) is 5. The van der Waals surface area contributed by atoms with Crippen molar-refractivity contribution in [3.63, 3.8) is 0 Å². The van der Waals surface area contributed by atoms with Gasteiger partial charge in [0, 0.05) is 12.6 Å². The van der Waals surface area contributed by atoms with Crippen LogP contribution in [0, 0.1) is 36.3 Å². The molecule has 1 aromatic carbocycles. The lowest BCUT2D eigenvalue weighted by Gasteiger charge is -2.26. The lowest BCUT2D eigenvalue weighted by atomic mass is 9.90. The second kappa shape index (κ2) is 9.80. The summed E-state index contributed by atoms with van der Waals surface area (Å²) in [4.78, 5) is 32.2. The third kappa shape index (κ3) is 5.34. The third-order valence-electron chi connectivity index (χ3n) is 5.95. The molecule has 166 valence electrons. The second-order valence-electron chi connectivity index (χ2n) is 8.06. The van der Waals surface area contributed by atoms with Crippen LogP contribution >= 0.6 is 0 Å². The Labute approximate surface area is 179 Å². The van der Waals surface area contributed by atoms with Crippen molar-refractivity contribution in [1.82, 2.24) is 15.3 Å². The Morgan fingerprint density at radius 1 is 1.23 bits per heavy atom. The SMILES string of the molecule is CCC1CC(CNC(=O)Cc2cc(C)ccc2F)C(Nc2ncncc2F)C1C(N)=O. The monoisotopic (exact) mass is 431 g/mol. The summed E-state index contributed by atoms with van der Waals surface area (Å²) in [5.74, 6) is -2.60. The Balaban J connectivity index is 1.72. The van der Waals surface area contributed by atoms with Crippen molar-refractivity contribution in [3.05, 3.63) is 53.5 Å². The first-order valence-corrected chi connectivity index (χ1v) is 10.3. The molecule has 1 saturated carbocycles. The summed E-state index contributed by atoms with van der Waals surface area (Å²) >= 11 is 0. The number of nitrogens with one attached hydrogen (secondary N) is 2. The van der Waals surface area contributed by atoms with Crippen LogP contribution in [-0.4, -0.2) is 34.4 Å². The van der Waals surface area contributed by atoms with E-state index in [0.717, 1.165) is 18.2 Å². The van der Waals surface area contributed by atoms with Gasteiger partial charge in [0.05, 0.1) is 18.5 Å². The summed E-state index contributed by atoms with van der Waals surface area (Å²) in [6.45, 7) is 4.04. The van der Waals surface area contributed by atoms with Crippen LogP contribution in [0.25, 0.3) is 0 Å². The molecule has 9 heteroatoms. The number of anilines is 1. The van der Waals surface area contributed by atoms with Gasteiger partial charge in [0.1, 0.15) is 12.1 Å². The highest BCUT2D eigenvalue weighted by Crippen LogP contribution is 2.40. The Morgan fingerprint density at radius 2 is 2.00 bits per heavy atom. The van der Waals surface area contributed by atoms with Gasteiger partial charge in [0.2, 0.25) is 11.8 Å². The lowest BCUT2D eigenvalue weighted by Crippen LogP contribution is -2.43. The molecule has 4 unspecified atom stereocenters. The number of amides is 2. The van der Waals surface area contributed by atoms with Crippen LogP contribution in [-0.2, 0) is 16.0 Å². The Bertz CT molecular complexity index is 955. The van der Waals surface area contributed by atoms with E-state index in [0.29, 0.717) is 12.0 Å². The second-order valence-corrected chi connectivity index (χ2v) is 8.06. The molecule has 2 aromatic rings. The van der Waals surface area contributed by atoms with Crippen molar-refractivity contribution in [1.29, 1.82) is 0 Å². The molecule has 1 heterocycles. The summed E-state index contributed by atoms with van der Waals surface area (Å²) in [6, 6.07) is 4.13. The van der Waals surface area contributed by atoms with Gasteiger partial charge in [0.25, 0.3) is 0 Å². The molecule has 4 atom stereocenters. The molecular formula is C22H27F2N5O2. The Morgan fingerprint density at radius 3 is 2.68 bits per heavy atom. The molecule has 7 nitrogen and oxygen atoms in total. The number of nitrogens with two attached hydrogens (primary N) is 1. The van der Waals surface area contributed by atoms with Gasteiger partial charge in [0.15, 0.2) is 11.6 Å². The van der Waals surface area contributed by atoms with Crippen molar-refractivity contribution in [2.45, 2.75) is 39.2 Å². The quantitative estimate of drug-likeness (QED) is 0.594. The maximum absolute atomic E-state index is 14.1. The number of benzene rings is 1. The van der Waals surface area contributed by atoms with E-state index in [-0.39, 0.29) is 36.5 Å². The van der Waals surface area contributed by atoms with Gasteiger partial charge < -0.3 is 16.4 Å². The minimum absolute atomic E-state index is 0.00369. The summed E-state index contributed by atoms with van der Waals surface area (Å²) in [6.07, 6.45) is 3.51. The van der Waals surface area contributed by atoms with Crippen molar-refractivity contribution in [2.75, 3.05) is 11.9 Å². The van der Waals surface area contributed by atoms with Gasteiger partial charge in [-0.2, -0.15) is 0 Å². The fraction of sp³-hybridized carbons (Fsp3) is 0.455. The maximum Gasteiger partial charge on any atom is 0.224 e. The van der Waals surface area contributed by atoms with Crippen molar-refractivity contribution in [2.24, 2.45) is 23.5 Å². The molecule has 0 bridgehead atoms. The molecule has 1 aliphatic carbocycles. The smallest absolute Gasteiger partial charge is 0.224 e. The van der Waals surface area contributed by atoms with Crippen LogP contribution in [0.1, 0.15) is 30.9 Å². The van der Waals surface area contributed by atoms with Gasteiger partial charge in [-0.15, -0.1) is 0 Å². The van der Waals surface area contributed by atoms with Crippen LogP contribution in [0.5, 0.6) is 0 Å². The van der Waals surface area contributed by atoms with Gasteiger partial charge in [-0.3, -0.25) is 9.59 Å². The highest BCUT2D eigenvalue weighted by molar-refractivity contribution is 5.80. The van der Waals surface area contributed by atoms with E-state index in [9.17, 15) is 18.4 Å². The zero-order valence-electron chi connectivity index (χ0n) is 17.6. The van der Waals surface area contributed by atoms with Crippen LogP contribution in [0.3, 0.4) is 0 Å². The van der Waals surface area contributed by atoms with Crippen molar-refractivity contribution >= 4 is 17.6 Å². The molecule has 0 spiro atoms. The fourth-order valence-corrected chi connectivity index (χ4v) is 4.41. The minimum Gasteiger partial charge on any atom is -0.369 e. The summed E-state index contributed by atoms with van der Waals surface area (Å²) in [5, 5.41) is 5.84. The number of carbonyl (C=O) groups is 2. The van der Waals surface area contributed by atoms with E-state index < -0.39 is 29.5 Å². The number of carbonyl (C=O) groups excluding carboxylic acids is 2. The standard InChI is InChI=1S/C22H27F2N5O2/c1-3-13-7-15(9-27-18(30)8-14-6-12(2)4-5-16(14)23)20(19(13)21(25)31)29-22-17(24)10-26-11-28-22/h4-6,10-11,13,15,19-20H,3,7-9H2,1-2H3,(H2,25,31)(H,27,30)(H,26,28,29). The number of aryl methyl sites for hydroxylation is 1. The molecule has 1 aromatic heterocycles. The van der Waals surface area contributed by atoms with Crippen LogP contribution in [0.4, 0.5) is 14.6 Å². The highest BCUT2D eigenvalue weighted by atomic mass is 19.1. The summed E-state index contributed by atoms with van der Waals surface area (Å²) in [5.41, 5.74) is 6.85. The first kappa shape index (κ1) is 22.6. The van der Waals surface area contributed by atoms with Crippen LogP contribution in [0.15, 0.2) is 30.7 Å². The number of aromatic nitrogens is 2. The summed E-state index contributed by atoms with van der Waals surface area (Å²) < 4.78 is 28.1. The predicted molar refractivity (Wildman–Crippen MR) is 112 cm³/mol.